The number of halogens is 2. The van der Waals surface area contributed by atoms with E-state index in [1.807, 2.05) is 0 Å². The van der Waals surface area contributed by atoms with Crippen LogP contribution in [0.2, 0.25) is 0 Å². The van der Waals surface area contributed by atoms with Gasteiger partial charge in [0, 0.05) is 13.1 Å². The Labute approximate surface area is 97.6 Å². The lowest BCUT2D eigenvalue weighted by atomic mass is 10.1. The van der Waals surface area contributed by atoms with Crippen LogP contribution in [0.3, 0.4) is 0 Å². The van der Waals surface area contributed by atoms with Gasteiger partial charge in [-0.3, -0.25) is 0 Å². The van der Waals surface area contributed by atoms with E-state index in [1.165, 1.54) is 6.07 Å². The van der Waals surface area contributed by atoms with Crippen LogP contribution in [0, 0.1) is 5.82 Å². The fraction of sp³-hybridized carbons (Fsp3) is 0.455. The quantitative estimate of drug-likeness (QED) is 0.885. The average Bonchev–Trinajstić information content (AvgIpc) is 2.09. The van der Waals surface area contributed by atoms with Gasteiger partial charge in [-0.15, -0.1) is 0 Å². The molecule has 2 N–H and O–H groups in total. The molecule has 0 saturated carbocycles. The van der Waals surface area contributed by atoms with Crippen LogP contribution in [0.1, 0.15) is 19.4 Å². The van der Waals surface area contributed by atoms with Gasteiger partial charge < -0.3 is 10.4 Å². The van der Waals surface area contributed by atoms with Gasteiger partial charge in [0.1, 0.15) is 5.82 Å². The predicted molar refractivity (Wildman–Crippen MR) is 62.1 cm³/mol. The number of nitrogens with one attached hydrogen (secondary N) is 1. The van der Waals surface area contributed by atoms with Crippen molar-refractivity contribution >= 4 is 15.9 Å². The SMILES string of the molecule is CC(C)(O)CNCc1ccc(F)c(Br)c1. The van der Waals surface area contributed by atoms with Crippen molar-refractivity contribution in [3.8, 4) is 0 Å². The molecule has 1 rings (SSSR count). The molecule has 0 spiro atoms. The van der Waals surface area contributed by atoms with Gasteiger partial charge >= 0.3 is 0 Å². The third-order valence-electron chi connectivity index (χ3n) is 1.87. The lowest BCUT2D eigenvalue weighted by molar-refractivity contribution is 0.0795. The molecule has 0 fully saturated rings. The second-order valence-corrected chi connectivity index (χ2v) is 5.02. The fourth-order valence-electron chi connectivity index (χ4n) is 1.16. The fourth-order valence-corrected chi connectivity index (χ4v) is 1.59. The molecule has 0 unspecified atom stereocenters. The summed E-state index contributed by atoms with van der Waals surface area (Å²) in [6.45, 7) is 4.59. The lowest BCUT2D eigenvalue weighted by Crippen LogP contribution is -2.34. The van der Waals surface area contributed by atoms with Gasteiger partial charge in [0.25, 0.3) is 0 Å². The Morgan fingerprint density at radius 1 is 1.47 bits per heavy atom. The molecule has 0 radical (unpaired) electrons. The Balaban J connectivity index is 2.48. The second kappa shape index (κ2) is 5.05. The number of hydrogen-bond donors (Lipinski definition) is 2. The molecule has 1 aromatic carbocycles. The van der Waals surface area contributed by atoms with Crippen molar-refractivity contribution in [1.29, 1.82) is 0 Å². The van der Waals surface area contributed by atoms with E-state index < -0.39 is 5.60 Å². The van der Waals surface area contributed by atoms with Crippen molar-refractivity contribution in [3.63, 3.8) is 0 Å². The molecule has 84 valence electrons. The van der Waals surface area contributed by atoms with Crippen LogP contribution >= 0.6 is 15.9 Å². The highest BCUT2D eigenvalue weighted by Gasteiger charge is 2.11. The molecule has 0 heterocycles. The zero-order valence-corrected chi connectivity index (χ0v) is 10.4. The zero-order chi connectivity index (χ0) is 11.5. The average molecular weight is 276 g/mol. The van der Waals surface area contributed by atoms with Gasteiger partial charge in [0.05, 0.1) is 10.1 Å². The monoisotopic (exact) mass is 275 g/mol. The Morgan fingerprint density at radius 2 is 2.13 bits per heavy atom. The minimum atomic E-state index is -0.725. The summed E-state index contributed by atoms with van der Waals surface area (Å²) in [6, 6.07) is 4.87. The highest BCUT2D eigenvalue weighted by atomic mass is 79.9. The van der Waals surface area contributed by atoms with Crippen molar-refractivity contribution in [1.82, 2.24) is 5.32 Å². The molecule has 0 aliphatic carbocycles. The third kappa shape index (κ3) is 4.73. The molecule has 0 aromatic heterocycles. The first-order chi connectivity index (χ1) is 6.88. The molecule has 1 aromatic rings. The smallest absolute Gasteiger partial charge is 0.137 e. The first-order valence-electron chi connectivity index (χ1n) is 4.75. The third-order valence-corrected chi connectivity index (χ3v) is 2.48. The number of benzene rings is 1. The van der Waals surface area contributed by atoms with Gasteiger partial charge in [0.2, 0.25) is 0 Å². The van der Waals surface area contributed by atoms with Gasteiger partial charge in [-0.25, -0.2) is 4.39 Å². The van der Waals surface area contributed by atoms with Crippen molar-refractivity contribution in [2.45, 2.75) is 26.0 Å². The van der Waals surface area contributed by atoms with E-state index in [1.54, 1.807) is 26.0 Å². The first-order valence-corrected chi connectivity index (χ1v) is 5.55. The van der Waals surface area contributed by atoms with Crippen molar-refractivity contribution in [2.24, 2.45) is 0 Å². The summed E-state index contributed by atoms with van der Waals surface area (Å²) < 4.78 is 13.4. The van der Waals surface area contributed by atoms with Crippen LogP contribution in [-0.4, -0.2) is 17.3 Å². The summed E-state index contributed by atoms with van der Waals surface area (Å²) in [4.78, 5) is 0. The molecule has 0 atom stereocenters. The molecule has 0 bridgehead atoms. The van der Waals surface area contributed by atoms with Gasteiger partial charge in [-0.1, -0.05) is 6.07 Å². The molecular formula is C11H15BrFNO. The topological polar surface area (TPSA) is 32.3 Å². The second-order valence-electron chi connectivity index (χ2n) is 4.16. The summed E-state index contributed by atoms with van der Waals surface area (Å²) in [5.74, 6) is -0.263. The van der Waals surface area contributed by atoms with E-state index in [0.717, 1.165) is 5.56 Å². The predicted octanol–water partition coefficient (Wildman–Crippen LogP) is 2.45. The minimum Gasteiger partial charge on any atom is -0.389 e. The molecule has 0 aliphatic rings. The Morgan fingerprint density at radius 3 is 2.67 bits per heavy atom. The van der Waals surface area contributed by atoms with Crippen LogP contribution in [0.15, 0.2) is 22.7 Å². The van der Waals surface area contributed by atoms with E-state index in [-0.39, 0.29) is 5.82 Å². The largest absolute Gasteiger partial charge is 0.389 e. The van der Waals surface area contributed by atoms with Gasteiger partial charge in [0.15, 0.2) is 0 Å². The van der Waals surface area contributed by atoms with Crippen LogP contribution in [0.25, 0.3) is 0 Å². The zero-order valence-electron chi connectivity index (χ0n) is 8.85. The summed E-state index contributed by atoms with van der Waals surface area (Å²) >= 11 is 3.13. The van der Waals surface area contributed by atoms with E-state index in [4.69, 9.17) is 0 Å². The molecular weight excluding hydrogens is 261 g/mol. The summed E-state index contributed by atoms with van der Waals surface area (Å²) in [6.07, 6.45) is 0. The van der Waals surface area contributed by atoms with Gasteiger partial charge in [-0.05, 0) is 47.5 Å². The maximum Gasteiger partial charge on any atom is 0.137 e. The normalized spacial score (nSPS) is 11.8. The van der Waals surface area contributed by atoms with E-state index >= 15 is 0 Å². The van der Waals surface area contributed by atoms with Crippen LogP contribution in [-0.2, 0) is 6.54 Å². The Bertz CT molecular complexity index is 336. The molecule has 15 heavy (non-hydrogen) atoms. The van der Waals surface area contributed by atoms with Crippen molar-refractivity contribution < 1.29 is 9.50 Å². The maximum absolute atomic E-state index is 12.9. The van der Waals surface area contributed by atoms with Crippen molar-refractivity contribution in [3.05, 3.63) is 34.1 Å². The molecule has 0 aliphatic heterocycles. The molecule has 0 amide bonds. The van der Waals surface area contributed by atoms with E-state index in [2.05, 4.69) is 21.2 Å². The van der Waals surface area contributed by atoms with Crippen LogP contribution < -0.4 is 5.32 Å². The number of aliphatic hydroxyl groups is 1. The standard InChI is InChI=1S/C11H15BrFNO/c1-11(2,15)7-14-6-8-3-4-10(13)9(12)5-8/h3-5,14-15H,6-7H2,1-2H3. The number of hydrogen-bond acceptors (Lipinski definition) is 2. The minimum absolute atomic E-state index is 0.263. The first kappa shape index (κ1) is 12.6. The van der Waals surface area contributed by atoms with E-state index in [9.17, 15) is 9.50 Å². The van der Waals surface area contributed by atoms with E-state index in [0.29, 0.717) is 17.6 Å². The lowest BCUT2D eigenvalue weighted by Gasteiger charge is -2.17. The Hall–Kier alpha value is -0.450. The molecule has 2 nitrogen and oxygen atoms in total. The summed E-state index contributed by atoms with van der Waals surface area (Å²) in [7, 11) is 0. The Kier molecular flexibility index (Phi) is 4.25. The summed E-state index contributed by atoms with van der Waals surface area (Å²) in [5, 5.41) is 12.6. The highest BCUT2D eigenvalue weighted by Crippen LogP contribution is 2.16. The maximum atomic E-state index is 12.9. The molecule has 4 heteroatoms. The highest BCUT2D eigenvalue weighted by molar-refractivity contribution is 9.10. The van der Waals surface area contributed by atoms with Crippen LogP contribution in [0.5, 0.6) is 0 Å². The number of rotatable bonds is 4. The van der Waals surface area contributed by atoms with Crippen LogP contribution in [0.4, 0.5) is 4.39 Å². The van der Waals surface area contributed by atoms with Gasteiger partial charge in [-0.2, -0.15) is 0 Å². The van der Waals surface area contributed by atoms with Crippen molar-refractivity contribution in [2.75, 3.05) is 6.54 Å². The summed E-state index contributed by atoms with van der Waals surface area (Å²) in [5.41, 5.74) is 0.254. The molecule has 0 saturated heterocycles.